The molecule has 2 unspecified atom stereocenters. The number of ether oxygens (including phenoxy) is 3. The largest absolute Gasteiger partial charge is 0.465 e. The van der Waals surface area contributed by atoms with Crippen LogP contribution in [0.5, 0.6) is 5.75 Å². The fourth-order valence-electron chi connectivity index (χ4n) is 6.48. The Hall–Kier alpha value is -5.03. The van der Waals surface area contributed by atoms with E-state index in [0.29, 0.717) is 22.7 Å². The van der Waals surface area contributed by atoms with Gasteiger partial charge < -0.3 is 18.7 Å². The van der Waals surface area contributed by atoms with Crippen LogP contribution >= 0.6 is 14.6 Å². The summed E-state index contributed by atoms with van der Waals surface area (Å²) in [6, 6.07) is 37.9. The Bertz CT molecular complexity index is 2220. The van der Waals surface area contributed by atoms with Gasteiger partial charge in [0, 0.05) is 21.8 Å². The number of nitrogens with zero attached hydrogens (tertiary/aromatic N) is 5. The summed E-state index contributed by atoms with van der Waals surface area (Å²) < 4.78 is 60.5. The fourth-order valence-corrected chi connectivity index (χ4v) is 11.6. The highest BCUT2D eigenvalue weighted by molar-refractivity contribution is 7.87. The summed E-state index contributed by atoms with van der Waals surface area (Å²) in [7, 11) is -6.63. The van der Waals surface area contributed by atoms with Crippen LogP contribution in [0.25, 0.3) is 11.2 Å². The highest BCUT2D eigenvalue weighted by atomic mass is 31.2. The first-order valence-electron chi connectivity index (χ1n) is 17.9. The van der Waals surface area contributed by atoms with Crippen LogP contribution in [0.1, 0.15) is 27.0 Å². The maximum atomic E-state index is 16.2. The fraction of sp³-hybridized carbons (Fsp3) is 0.250. The number of imidazole rings is 1. The summed E-state index contributed by atoms with van der Waals surface area (Å²) in [4.78, 5) is 26.2. The van der Waals surface area contributed by atoms with Crippen molar-refractivity contribution in [3.8, 4) is 5.75 Å². The molecule has 12 nitrogen and oxygen atoms in total. The van der Waals surface area contributed by atoms with Crippen molar-refractivity contribution in [3.63, 3.8) is 0 Å². The summed E-state index contributed by atoms with van der Waals surface area (Å²) in [6.07, 6.45) is -1.57. The third-order valence-electron chi connectivity index (χ3n) is 9.16. The van der Waals surface area contributed by atoms with Gasteiger partial charge in [-0.25, -0.2) is 29.2 Å². The van der Waals surface area contributed by atoms with E-state index < -0.39 is 57.5 Å². The average Bonchev–Trinajstić information content (AvgIpc) is 3.77. The lowest BCUT2D eigenvalue weighted by Crippen LogP contribution is -2.36. The van der Waals surface area contributed by atoms with Gasteiger partial charge in [-0.15, -0.1) is 0 Å². The van der Waals surface area contributed by atoms with Crippen LogP contribution in [0.2, 0.25) is 0 Å². The van der Waals surface area contributed by atoms with Crippen molar-refractivity contribution in [2.24, 2.45) is 10.7 Å². The minimum absolute atomic E-state index is 0.150. The Morgan fingerprint density at radius 1 is 0.891 bits per heavy atom. The number of para-hydroxylation sites is 1. The van der Waals surface area contributed by atoms with Crippen molar-refractivity contribution < 1.29 is 32.5 Å². The zero-order valence-electron chi connectivity index (χ0n) is 30.5. The summed E-state index contributed by atoms with van der Waals surface area (Å²) in [5.41, 5.74) is 0.699. The molecule has 3 heterocycles. The number of nitrogens with one attached hydrogen (secondary N) is 1. The van der Waals surface area contributed by atoms with Gasteiger partial charge in [-0.3, -0.25) is 13.9 Å². The van der Waals surface area contributed by atoms with Crippen molar-refractivity contribution in [1.82, 2.24) is 24.6 Å². The molecule has 0 spiro atoms. The lowest BCUT2D eigenvalue weighted by molar-refractivity contribution is -0.152. The molecule has 0 amide bonds. The quantitative estimate of drug-likeness (QED) is 0.0888. The third kappa shape index (κ3) is 8.03. The molecule has 0 saturated carbocycles. The smallest absolute Gasteiger partial charge is 0.342 e. The molecule has 15 heteroatoms. The van der Waals surface area contributed by atoms with Crippen LogP contribution < -0.4 is 25.5 Å². The molecule has 6 atom stereocenters. The monoisotopic (exact) mass is 782 g/mol. The van der Waals surface area contributed by atoms with E-state index in [-0.39, 0.29) is 6.61 Å². The number of aromatic nitrogens is 4. The first kappa shape index (κ1) is 38.3. The van der Waals surface area contributed by atoms with Crippen molar-refractivity contribution in [1.29, 1.82) is 0 Å². The molecule has 0 bridgehead atoms. The minimum atomic E-state index is -3.92. The van der Waals surface area contributed by atoms with Crippen LogP contribution in [-0.2, 0) is 23.6 Å². The summed E-state index contributed by atoms with van der Waals surface area (Å²) in [6.45, 7) is 4.98. The van der Waals surface area contributed by atoms with E-state index in [1.807, 2.05) is 54.6 Å². The van der Waals surface area contributed by atoms with E-state index in [0.717, 1.165) is 15.9 Å². The Morgan fingerprint density at radius 3 is 2.02 bits per heavy atom. The molecule has 284 valence electrons. The van der Waals surface area contributed by atoms with Gasteiger partial charge >= 0.3 is 13.5 Å². The predicted molar refractivity (Wildman–Crippen MR) is 210 cm³/mol. The molecule has 1 N–H and O–H groups in total. The first-order chi connectivity index (χ1) is 26.7. The van der Waals surface area contributed by atoms with Crippen LogP contribution in [0.3, 0.4) is 0 Å². The molecular weight excluding hydrogens is 741 g/mol. The van der Waals surface area contributed by atoms with Gasteiger partial charge in [0.15, 0.2) is 42.0 Å². The number of esters is 1. The number of rotatable bonds is 14. The van der Waals surface area contributed by atoms with E-state index in [2.05, 4.69) is 56.4 Å². The van der Waals surface area contributed by atoms with Gasteiger partial charge in [0.2, 0.25) is 0 Å². The standard InChI is InChI=1S/C40H41FN6O6P2/c1-4-50-39(48)29(3)45-54(49,53-30-17-9-5-10-18-30)27-51-40-28(2)34(41)38(52-40)47-26-44-35-36(42-25-43-37(35)47)46-55(31-19-11-6-12-20-31,32-21-13-7-14-22-32)33-23-15-8-16-24-33/h5-26,28-29,34,38,40H,4,27H2,1-3H3,(H,45,49)/t28-,29?,34-,38+,40-,54?/m0/s1. The Morgan fingerprint density at radius 2 is 1.45 bits per heavy atom. The second kappa shape index (κ2) is 16.8. The topological polar surface area (TPSA) is 139 Å². The molecule has 1 saturated heterocycles. The number of hydrogen-bond donors (Lipinski definition) is 1. The van der Waals surface area contributed by atoms with Gasteiger partial charge in [-0.05, 0) is 26.0 Å². The van der Waals surface area contributed by atoms with Gasteiger partial charge in [-0.2, -0.15) is 0 Å². The van der Waals surface area contributed by atoms with E-state index in [9.17, 15) is 9.36 Å². The molecule has 1 fully saturated rings. The van der Waals surface area contributed by atoms with Crippen molar-refractivity contribution in [2.45, 2.75) is 45.5 Å². The molecule has 6 aromatic rings. The van der Waals surface area contributed by atoms with Crippen LogP contribution in [-0.4, -0.2) is 56.9 Å². The predicted octanol–water partition coefficient (Wildman–Crippen LogP) is 7.25. The van der Waals surface area contributed by atoms with Crippen LogP contribution in [0.15, 0.2) is 139 Å². The van der Waals surface area contributed by atoms with Crippen molar-refractivity contribution in [2.75, 3.05) is 13.0 Å². The summed E-state index contributed by atoms with van der Waals surface area (Å²) in [5, 5.41) is 5.81. The summed E-state index contributed by atoms with van der Waals surface area (Å²) >= 11 is 0. The third-order valence-corrected chi connectivity index (χ3v) is 14.6. The number of halogens is 1. The zero-order chi connectivity index (χ0) is 38.4. The Balaban J connectivity index is 1.21. The maximum absolute atomic E-state index is 16.2. The summed E-state index contributed by atoms with van der Waals surface area (Å²) in [5.74, 6) is -0.759. The number of hydrogen-bond acceptors (Lipinski definition) is 10. The Labute approximate surface area is 318 Å². The number of carbonyl (C=O) groups is 1. The lowest BCUT2D eigenvalue weighted by Gasteiger charge is -2.26. The van der Waals surface area contributed by atoms with Crippen LogP contribution in [0.4, 0.5) is 10.2 Å². The molecule has 55 heavy (non-hydrogen) atoms. The zero-order valence-corrected chi connectivity index (χ0v) is 32.2. The van der Waals surface area contributed by atoms with E-state index in [1.54, 1.807) is 44.2 Å². The molecule has 7 rings (SSSR count). The second-order valence-corrected chi connectivity index (χ2v) is 18.0. The highest BCUT2D eigenvalue weighted by Crippen LogP contribution is 2.50. The highest BCUT2D eigenvalue weighted by Gasteiger charge is 2.46. The van der Waals surface area contributed by atoms with E-state index in [1.165, 1.54) is 24.1 Å². The van der Waals surface area contributed by atoms with Crippen molar-refractivity contribution >= 4 is 53.4 Å². The molecule has 2 aromatic heterocycles. The van der Waals surface area contributed by atoms with Crippen molar-refractivity contribution in [3.05, 3.63) is 134 Å². The molecule has 1 aliphatic rings. The second-order valence-electron chi connectivity index (χ2n) is 12.9. The number of benzene rings is 4. The minimum Gasteiger partial charge on any atom is -0.465 e. The van der Waals surface area contributed by atoms with Gasteiger partial charge in [0.1, 0.15) is 18.1 Å². The van der Waals surface area contributed by atoms with E-state index >= 15 is 4.39 Å². The lowest BCUT2D eigenvalue weighted by atomic mass is 10.1. The number of alkyl halides is 1. The number of fused-ring (bicyclic) bond motifs is 1. The molecule has 4 aromatic carbocycles. The first-order valence-corrected chi connectivity index (χ1v) is 21.4. The normalized spacial score (nSPS) is 20.1. The maximum Gasteiger partial charge on any atom is 0.342 e. The van der Waals surface area contributed by atoms with E-state index in [4.69, 9.17) is 23.5 Å². The van der Waals surface area contributed by atoms with Gasteiger partial charge in [0.25, 0.3) is 0 Å². The SMILES string of the molecule is CCOC(=O)C(C)NP(=O)(CO[C@H]1O[C@@H](n2cnc3c(N=P(c4ccccc4)(c4ccccc4)c4ccccc4)ncnc32)[C@@H](F)[C@@H]1C)Oc1ccccc1. The van der Waals surface area contributed by atoms with Crippen LogP contribution in [0, 0.1) is 5.92 Å². The number of carbonyl (C=O) groups excluding carboxylic acids is 1. The molecule has 0 radical (unpaired) electrons. The average molecular weight is 783 g/mol. The Kier molecular flexibility index (Phi) is 11.7. The molecule has 1 aliphatic heterocycles. The molecular formula is C40H41FN6O6P2. The van der Waals surface area contributed by atoms with Gasteiger partial charge in [-0.1, -0.05) is 116 Å². The van der Waals surface area contributed by atoms with Gasteiger partial charge in [0.05, 0.1) is 20.0 Å². The molecule has 0 aliphatic carbocycles.